The van der Waals surface area contributed by atoms with Crippen molar-refractivity contribution in [2.24, 2.45) is 5.73 Å². The van der Waals surface area contributed by atoms with E-state index in [9.17, 15) is 9.59 Å². The Morgan fingerprint density at radius 1 is 1.42 bits per heavy atom. The number of nitrogens with zero attached hydrogens (tertiary/aromatic N) is 1. The second-order valence-corrected chi connectivity index (χ2v) is 4.30. The van der Waals surface area contributed by atoms with Crippen LogP contribution < -0.4 is 15.5 Å². The van der Waals surface area contributed by atoms with Gasteiger partial charge in [-0.3, -0.25) is 0 Å². The van der Waals surface area contributed by atoms with Gasteiger partial charge in [0.15, 0.2) is 0 Å². The van der Waals surface area contributed by atoms with Gasteiger partial charge in [0.2, 0.25) is 5.79 Å². The number of carbonyl (C=O) groups excluding carboxylic acids is 2. The number of primary amides is 1. The summed E-state index contributed by atoms with van der Waals surface area (Å²) in [5, 5.41) is 0.873. The Bertz CT molecular complexity index is 574. The van der Waals surface area contributed by atoms with Crippen molar-refractivity contribution in [3.05, 3.63) is 23.8 Å². The zero-order valence-corrected chi connectivity index (χ0v) is 9.91. The molecule has 0 saturated carbocycles. The molecule has 0 spiro atoms. The number of amides is 2. The number of carbonyl (C=O) groups is 2. The number of rotatable bonds is 0. The van der Waals surface area contributed by atoms with E-state index in [-0.39, 0.29) is 0 Å². The highest BCUT2D eigenvalue weighted by Gasteiger charge is 2.47. The van der Waals surface area contributed by atoms with Gasteiger partial charge >= 0.3 is 12.2 Å². The van der Waals surface area contributed by atoms with E-state index in [0.717, 1.165) is 10.6 Å². The van der Waals surface area contributed by atoms with Crippen LogP contribution in [0.15, 0.2) is 18.2 Å². The quantitative estimate of drug-likeness (QED) is 0.560. The van der Waals surface area contributed by atoms with Crippen LogP contribution in [0.2, 0.25) is 0 Å². The van der Waals surface area contributed by atoms with Crippen LogP contribution in [0.1, 0.15) is 12.5 Å². The monoisotopic (exact) mass is 266 g/mol. The van der Waals surface area contributed by atoms with Crippen LogP contribution in [0, 0.1) is 0 Å². The molecule has 100 valence electrons. The lowest BCUT2D eigenvalue weighted by Crippen LogP contribution is -2.47. The first-order valence-corrected chi connectivity index (χ1v) is 5.47. The molecular weight excluding hydrogens is 256 g/mol. The third-order valence-electron chi connectivity index (χ3n) is 2.80. The van der Waals surface area contributed by atoms with Crippen LogP contribution in [-0.4, -0.2) is 18.0 Å². The van der Waals surface area contributed by atoms with Gasteiger partial charge in [-0.25, -0.2) is 24.2 Å². The van der Waals surface area contributed by atoms with E-state index >= 15 is 0 Å². The summed E-state index contributed by atoms with van der Waals surface area (Å²) >= 11 is 0. The number of hydrogen-bond acceptors (Lipinski definition) is 6. The number of fused-ring (bicyclic) bond motifs is 1. The van der Waals surface area contributed by atoms with Crippen molar-refractivity contribution in [3.63, 3.8) is 0 Å². The summed E-state index contributed by atoms with van der Waals surface area (Å²) in [4.78, 5) is 35.8. The molecule has 8 nitrogen and oxygen atoms in total. The molecule has 0 fully saturated rings. The molecule has 1 aromatic carbocycles. The smallest absolute Gasteiger partial charge is 0.460 e. The van der Waals surface area contributed by atoms with Crippen molar-refractivity contribution in [2.45, 2.75) is 19.1 Å². The zero-order chi connectivity index (χ0) is 13.6. The van der Waals surface area contributed by atoms with Gasteiger partial charge < -0.3 is 10.5 Å². The van der Waals surface area contributed by atoms with E-state index in [1.54, 1.807) is 25.1 Å². The molecular formula is C11H10N2O6. The molecule has 19 heavy (non-hydrogen) atoms. The average molecular weight is 266 g/mol. The Labute approximate surface area is 107 Å². The molecule has 0 radical (unpaired) electrons. The average Bonchev–Trinajstić information content (AvgIpc) is 2.67. The lowest BCUT2D eigenvalue weighted by Gasteiger charge is -2.32. The Kier molecular flexibility index (Phi) is 2.29. The van der Waals surface area contributed by atoms with Crippen molar-refractivity contribution < 1.29 is 28.9 Å². The summed E-state index contributed by atoms with van der Waals surface area (Å²) in [6, 6.07) is 5.16. The summed E-state index contributed by atoms with van der Waals surface area (Å²) in [7, 11) is 0. The molecule has 1 atom stereocenters. The fraction of sp³-hybridized carbons (Fsp3) is 0.273. The topological polar surface area (TPSA) is 100 Å². The van der Waals surface area contributed by atoms with Crippen molar-refractivity contribution in [1.29, 1.82) is 0 Å². The zero-order valence-electron chi connectivity index (χ0n) is 9.91. The Hall–Kier alpha value is -2.48. The van der Waals surface area contributed by atoms with Gasteiger partial charge in [0.25, 0.3) is 0 Å². The number of ether oxygens (including phenoxy) is 1. The molecule has 1 aromatic rings. The maximum atomic E-state index is 11.8. The molecule has 0 saturated heterocycles. The molecule has 3 rings (SSSR count). The van der Waals surface area contributed by atoms with Crippen LogP contribution in [0.25, 0.3) is 0 Å². The molecule has 8 heteroatoms. The first-order chi connectivity index (χ1) is 8.98. The summed E-state index contributed by atoms with van der Waals surface area (Å²) < 4.78 is 5.60. The van der Waals surface area contributed by atoms with Gasteiger partial charge in [-0.2, -0.15) is 0 Å². The standard InChI is InChI=1S/C11H10N2O6/c1-11-5-6-7(3-2-4-8(6)16-11)13(19-11)10(15)18-17-9(12)14/h2-4H,5H2,1H3,(H2,12,14). The van der Waals surface area contributed by atoms with Crippen molar-refractivity contribution >= 4 is 17.9 Å². The van der Waals surface area contributed by atoms with Crippen LogP contribution in [-0.2, 0) is 21.0 Å². The predicted octanol–water partition coefficient (Wildman–Crippen LogP) is 1.24. The predicted molar refractivity (Wildman–Crippen MR) is 59.9 cm³/mol. The second-order valence-electron chi connectivity index (χ2n) is 4.30. The number of anilines is 1. The largest absolute Gasteiger partial charge is 0.481 e. The third kappa shape index (κ3) is 1.82. The molecule has 2 aliphatic heterocycles. The van der Waals surface area contributed by atoms with Gasteiger partial charge in [0.1, 0.15) is 5.75 Å². The van der Waals surface area contributed by atoms with Crippen LogP contribution in [0.5, 0.6) is 5.75 Å². The van der Waals surface area contributed by atoms with Gasteiger partial charge in [-0.1, -0.05) is 6.07 Å². The van der Waals surface area contributed by atoms with E-state index in [4.69, 9.17) is 15.3 Å². The highest BCUT2D eigenvalue weighted by molar-refractivity contribution is 5.88. The van der Waals surface area contributed by atoms with Gasteiger partial charge in [-0.15, -0.1) is 5.06 Å². The van der Waals surface area contributed by atoms with Crippen molar-refractivity contribution in [2.75, 3.05) is 5.06 Å². The van der Waals surface area contributed by atoms with Crippen molar-refractivity contribution in [1.82, 2.24) is 0 Å². The van der Waals surface area contributed by atoms with E-state index in [1.807, 2.05) is 0 Å². The lowest BCUT2D eigenvalue weighted by molar-refractivity contribution is -0.202. The first kappa shape index (κ1) is 11.6. The molecule has 2 heterocycles. The molecule has 2 bridgehead atoms. The third-order valence-corrected chi connectivity index (χ3v) is 2.80. The van der Waals surface area contributed by atoms with Gasteiger partial charge in [0.05, 0.1) is 5.69 Å². The number of hydroxylamine groups is 1. The van der Waals surface area contributed by atoms with Crippen LogP contribution in [0.3, 0.4) is 0 Å². The normalized spacial score (nSPS) is 22.7. The lowest BCUT2D eigenvalue weighted by atomic mass is 10.1. The minimum absolute atomic E-state index is 0.477. The van der Waals surface area contributed by atoms with Crippen LogP contribution in [0.4, 0.5) is 15.3 Å². The minimum Gasteiger partial charge on any atom is -0.460 e. The fourth-order valence-corrected chi connectivity index (χ4v) is 2.15. The number of nitrogens with two attached hydrogens (primary N) is 1. The Balaban J connectivity index is 1.90. The molecule has 2 N–H and O–H groups in total. The maximum absolute atomic E-state index is 11.8. The van der Waals surface area contributed by atoms with Gasteiger partial charge in [-0.05, 0) is 12.1 Å². The van der Waals surface area contributed by atoms with E-state index in [2.05, 4.69) is 9.78 Å². The van der Waals surface area contributed by atoms with E-state index in [1.165, 1.54) is 0 Å². The summed E-state index contributed by atoms with van der Waals surface area (Å²) in [6.45, 7) is 1.69. The van der Waals surface area contributed by atoms with Crippen molar-refractivity contribution in [3.8, 4) is 5.75 Å². The highest BCUT2D eigenvalue weighted by Crippen LogP contribution is 2.46. The molecule has 2 aliphatic rings. The molecule has 1 unspecified atom stereocenters. The maximum Gasteiger partial charge on any atom is 0.481 e. The minimum atomic E-state index is -1.23. The van der Waals surface area contributed by atoms with Crippen LogP contribution >= 0.6 is 0 Å². The highest BCUT2D eigenvalue weighted by atomic mass is 17.2. The number of benzene rings is 1. The summed E-state index contributed by atoms with van der Waals surface area (Å²) in [5.41, 5.74) is 6.01. The van der Waals surface area contributed by atoms with Gasteiger partial charge in [0, 0.05) is 18.9 Å². The summed E-state index contributed by atoms with van der Waals surface area (Å²) in [6.07, 6.45) is -1.74. The summed E-state index contributed by atoms with van der Waals surface area (Å²) in [5.74, 6) is -0.339. The molecule has 2 amide bonds. The first-order valence-electron chi connectivity index (χ1n) is 5.47. The Morgan fingerprint density at radius 2 is 2.21 bits per heavy atom. The van der Waals surface area contributed by atoms with E-state index < -0.39 is 18.0 Å². The SMILES string of the molecule is CC12Cc3c(cccc3N(C(=O)OOC(N)=O)O1)O2. The van der Waals surface area contributed by atoms with E-state index in [0.29, 0.717) is 17.9 Å². The Morgan fingerprint density at radius 3 is 2.95 bits per heavy atom. The number of hydrogen-bond donors (Lipinski definition) is 1. The molecule has 0 aliphatic carbocycles. The fourth-order valence-electron chi connectivity index (χ4n) is 2.15. The molecule has 0 aromatic heterocycles. The second kappa shape index (κ2) is 3.75.